The number of rotatable bonds is 6. The highest BCUT2D eigenvalue weighted by atomic mass is 32.2. The minimum atomic E-state index is -0.270. The lowest BCUT2D eigenvalue weighted by Gasteiger charge is -2.26. The van der Waals surface area contributed by atoms with Crippen LogP contribution in [0.25, 0.3) is 0 Å². The maximum Gasteiger partial charge on any atom is 0.344 e. The number of H-pyrrole nitrogens is 1. The van der Waals surface area contributed by atoms with Crippen molar-refractivity contribution in [1.29, 1.82) is 0 Å². The fourth-order valence-electron chi connectivity index (χ4n) is 3.59. The van der Waals surface area contributed by atoms with Crippen LogP contribution in [0.3, 0.4) is 0 Å². The van der Waals surface area contributed by atoms with E-state index in [0.717, 1.165) is 24.8 Å². The number of aromatic amines is 1. The number of nitrogens with one attached hydrogen (secondary N) is 2. The molecular weight excluding hydrogens is 372 g/mol. The molecule has 1 aliphatic rings. The van der Waals surface area contributed by atoms with E-state index in [0.29, 0.717) is 11.7 Å². The largest absolute Gasteiger partial charge is 0.349 e. The van der Waals surface area contributed by atoms with Crippen LogP contribution in [0.5, 0.6) is 0 Å². The van der Waals surface area contributed by atoms with Gasteiger partial charge in [0.2, 0.25) is 5.91 Å². The van der Waals surface area contributed by atoms with Gasteiger partial charge in [-0.1, -0.05) is 66.4 Å². The van der Waals surface area contributed by atoms with Gasteiger partial charge in [-0.2, -0.15) is 0 Å². The van der Waals surface area contributed by atoms with Crippen molar-refractivity contribution in [3.63, 3.8) is 0 Å². The first-order chi connectivity index (χ1) is 13.7. The van der Waals surface area contributed by atoms with Gasteiger partial charge in [0, 0.05) is 0 Å². The number of aromatic nitrogens is 3. The van der Waals surface area contributed by atoms with Gasteiger partial charge < -0.3 is 5.32 Å². The van der Waals surface area contributed by atoms with Crippen molar-refractivity contribution >= 4 is 17.7 Å². The van der Waals surface area contributed by atoms with Gasteiger partial charge in [-0.3, -0.25) is 9.36 Å². The SMILES string of the molecule is O=C(CSc1n[nH]c(=O)n1Cc1ccccc1)N[C@H]1CCCc2ccccc21. The van der Waals surface area contributed by atoms with Crippen LogP contribution >= 0.6 is 11.8 Å². The van der Waals surface area contributed by atoms with Crippen LogP contribution in [0.1, 0.15) is 35.6 Å². The first-order valence-corrected chi connectivity index (χ1v) is 10.4. The molecule has 2 aromatic carbocycles. The number of amides is 1. The summed E-state index contributed by atoms with van der Waals surface area (Å²) >= 11 is 1.27. The Morgan fingerprint density at radius 1 is 1.18 bits per heavy atom. The lowest BCUT2D eigenvalue weighted by Crippen LogP contribution is -2.32. The molecule has 1 aliphatic carbocycles. The average Bonchev–Trinajstić information content (AvgIpc) is 3.07. The molecule has 7 heteroatoms. The fourth-order valence-corrected chi connectivity index (χ4v) is 4.35. The molecule has 0 spiro atoms. The highest BCUT2D eigenvalue weighted by molar-refractivity contribution is 7.99. The zero-order chi connectivity index (χ0) is 19.3. The monoisotopic (exact) mass is 394 g/mol. The Morgan fingerprint density at radius 2 is 1.96 bits per heavy atom. The smallest absolute Gasteiger partial charge is 0.344 e. The van der Waals surface area contributed by atoms with Crippen molar-refractivity contribution in [2.45, 2.75) is 37.0 Å². The molecule has 0 bridgehead atoms. The van der Waals surface area contributed by atoms with Crippen LogP contribution in [0.15, 0.2) is 64.5 Å². The van der Waals surface area contributed by atoms with Gasteiger partial charge in [0.1, 0.15) is 0 Å². The van der Waals surface area contributed by atoms with E-state index >= 15 is 0 Å². The van der Waals surface area contributed by atoms with Crippen LogP contribution in [-0.4, -0.2) is 26.4 Å². The van der Waals surface area contributed by atoms with E-state index in [1.165, 1.54) is 22.9 Å². The Labute approximate surface area is 167 Å². The molecule has 6 nitrogen and oxygen atoms in total. The lowest BCUT2D eigenvalue weighted by molar-refractivity contribution is -0.119. The minimum absolute atomic E-state index is 0.0478. The molecule has 0 radical (unpaired) electrons. The summed E-state index contributed by atoms with van der Waals surface area (Å²) in [5, 5.41) is 10.2. The number of aryl methyl sites for hydroxylation is 1. The second-order valence-corrected chi connectivity index (χ2v) is 7.83. The van der Waals surface area contributed by atoms with Gasteiger partial charge in [-0.15, -0.1) is 5.10 Å². The molecule has 0 aliphatic heterocycles. The summed E-state index contributed by atoms with van der Waals surface area (Å²) in [5.41, 5.74) is 3.27. The number of benzene rings is 2. The van der Waals surface area contributed by atoms with Gasteiger partial charge in [0.05, 0.1) is 18.3 Å². The summed E-state index contributed by atoms with van der Waals surface area (Å²) in [5.74, 6) is 0.172. The van der Waals surface area contributed by atoms with Crippen molar-refractivity contribution in [1.82, 2.24) is 20.1 Å². The van der Waals surface area contributed by atoms with E-state index < -0.39 is 0 Å². The molecule has 144 valence electrons. The molecule has 0 saturated heterocycles. The normalized spacial score (nSPS) is 15.8. The predicted molar refractivity (Wildman–Crippen MR) is 109 cm³/mol. The van der Waals surface area contributed by atoms with Crippen LogP contribution in [0.2, 0.25) is 0 Å². The highest BCUT2D eigenvalue weighted by Gasteiger charge is 2.21. The van der Waals surface area contributed by atoms with E-state index in [9.17, 15) is 9.59 Å². The van der Waals surface area contributed by atoms with Crippen molar-refractivity contribution in [2.75, 3.05) is 5.75 Å². The van der Waals surface area contributed by atoms with Crippen LogP contribution in [0.4, 0.5) is 0 Å². The number of hydrogen-bond donors (Lipinski definition) is 2. The maximum atomic E-state index is 12.5. The Bertz CT molecular complexity index is 1010. The Hall–Kier alpha value is -2.80. The molecule has 0 saturated carbocycles. The van der Waals surface area contributed by atoms with E-state index in [1.807, 2.05) is 42.5 Å². The van der Waals surface area contributed by atoms with Crippen molar-refractivity contribution in [3.8, 4) is 0 Å². The van der Waals surface area contributed by atoms with E-state index in [-0.39, 0.29) is 23.4 Å². The summed E-state index contributed by atoms with van der Waals surface area (Å²) in [6.45, 7) is 0.427. The minimum Gasteiger partial charge on any atom is -0.349 e. The molecule has 4 rings (SSSR count). The van der Waals surface area contributed by atoms with Gasteiger partial charge in [-0.05, 0) is 36.0 Å². The van der Waals surface area contributed by atoms with E-state index in [4.69, 9.17) is 0 Å². The number of nitrogens with zero attached hydrogens (tertiary/aromatic N) is 2. The first kappa shape index (κ1) is 18.6. The second kappa shape index (κ2) is 8.48. The summed E-state index contributed by atoms with van der Waals surface area (Å²) in [4.78, 5) is 24.6. The molecular formula is C21H22N4O2S. The first-order valence-electron chi connectivity index (χ1n) is 9.40. The maximum absolute atomic E-state index is 12.5. The Kier molecular flexibility index (Phi) is 5.62. The van der Waals surface area contributed by atoms with Crippen LogP contribution in [0, 0.1) is 0 Å². The predicted octanol–water partition coefficient (Wildman–Crippen LogP) is 2.91. The van der Waals surface area contributed by atoms with Crippen molar-refractivity contribution in [3.05, 3.63) is 81.8 Å². The summed E-state index contributed by atoms with van der Waals surface area (Å²) < 4.78 is 1.56. The topological polar surface area (TPSA) is 79.8 Å². The number of fused-ring (bicyclic) bond motifs is 1. The molecule has 1 atom stereocenters. The molecule has 1 amide bonds. The number of carbonyl (C=O) groups excluding carboxylic acids is 1. The molecule has 0 fully saturated rings. The molecule has 1 heterocycles. The van der Waals surface area contributed by atoms with Gasteiger partial charge in [0.15, 0.2) is 5.16 Å². The number of hydrogen-bond acceptors (Lipinski definition) is 4. The third-order valence-electron chi connectivity index (χ3n) is 4.94. The summed E-state index contributed by atoms with van der Waals surface area (Å²) in [6.07, 6.45) is 3.09. The third kappa shape index (κ3) is 4.20. The quantitative estimate of drug-likeness (QED) is 0.630. The molecule has 2 N–H and O–H groups in total. The zero-order valence-corrected chi connectivity index (χ0v) is 16.2. The van der Waals surface area contributed by atoms with Gasteiger partial charge >= 0.3 is 5.69 Å². The van der Waals surface area contributed by atoms with E-state index in [1.54, 1.807) is 4.57 Å². The Morgan fingerprint density at radius 3 is 2.82 bits per heavy atom. The van der Waals surface area contributed by atoms with Crippen molar-refractivity contribution < 1.29 is 4.79 Å². The highest BCUT2D eigenvalue weighted by Crippen LogP contribution is 2.29. The van der Waals surface area contributed by atoms with Gasteiger partial charge in [-0.25, -0.2) is 9.89 Å². The molecule has 28 heavy (non-hydrogen) atoms. The summed E-state index contributed by atoms with van der Waals surface area (Å²) in [7, 11) is 0. The molecule has 1 aromatic heterocycles. The standard InChI is InChI=1S/C21H22N4O2S/c26-19(22-18-12-6-10-16-9-4-5-11-17(16)18)14-28-21-24-23-20(27)25(21)13-15-7-2-1-3-8-15/h1-5,7-9,11,18H,6,10,12-14H2,(H,22,26)(H,23,27)/t18-/m0/s1. The van der Waals surface area contributed by atoms with Crippen LogP contribution in [-0.2, 0) is 17.8 Å². The lowest BCUT2D eigenvalue weighted by atomic mass is 9.88. The second-order valence-electron chi connectivity index (χ2n) is 6.88. The number of carbonyl (C=O) groups is 1. The van der Waals surface area contributed by atoms with E-state index in [2.05, 4.69) is 27.6 Å². The molecule has 0 unspecified atom stereocenters. The zero-order valence-electron chi connectivity index (χ0n) is 15.4. The van der Waals surface area contributed by atoms with Crippen LogP contribution < -0.4 is 11.0 Å². The van der Waals surface area contributed by atoms with Crippen molar-refractivity contribution in [2.24, 2.45) is 0 Å². The number of thioether (sulfide) groups is 1. The van der Waals surface area contributed by atoms with Gasteiger partial charge in [0.25, 0.3) is 0 Å². The third-order valence-corrected chi connectivity index (χ3v) is 5.92. The average molecular weight is 395 g/mol. The summed E-state index contributed by atoms with van der Waals surface area (Å²) in [6, 6.07) is 18.1. The molecule has 3 aromatic rings. The fraction of sp³-hybridized carbons (Fsp3) is 0.286. The Balaban J connectivity index is 1.39.